The Labute approximate surface area is 153 Å². The van der Waals surface area contributed by atoms with Crippen molar-refractivity contribution in [1.82, 2.24) is 0 Å². The molecule has 0 spiro atoms. The molecular formula is C17H12Cl2O6. The van der Waals surface area contributed by atoms with Gasteiger partial charge in [0.25, 0.3) is 0 Å². The highest BCUT2D eigenvalue weighted by Gasteiger charge is 2.22. The second-order valence-electron chi connectivity index (χ2n) is 5.04. The predicted octanol–water partition coefficient (Wildman–Crippen LogP) is 3.77. The van der Waals surface area contributed by atoms with Crippen LogP contribution >= 0.6 is 23.2 Å². The third-order valence-electron chi connectivity index (χ3n) is 3.47. The lowest BCUT2D eigenvalue weighted by Crippen LogP contribution is -2.14. The van der Waals surface area contributed by atoms with E-state index in [2.05, 4.69) is 0 Å². The van der Waals surface area contributed by atoms with E-state index >= 15 is 0 Å². The number of Topliss-reactive ketones (excluding diaryl/α,β-unsaturated/α-hetero) is 1. The van der Waals surface area contributed by atoms with Crippen molar-refractivity contribution < 1.29 is 28.5 Å². The smallest absolute Gasteiger partial charge is 0.338 e. The fourth-order valence-electron chi connectivity index (χ4n) is 2.22. The Kier molecular flexibility index (Phi) is 5.01. The Morgan fingerprint density at radius 1 is 1.08 bits per heavy atom. The molecule has 25 heavy (non-hydrogen) atoms. The zero-order chi connectivity index (χ0) is 18.0. The van der Waals surface area contributed by atoms with Crippen molar-refractivity contribution in [3.63, 3.8) is 0 Å². The number of esters is 1. The van der Waals surface area contributed by atoms with Gasteiger partial charge in [-0.2, -0.15) is 0 Å². The maximum absolute atomic E-state index is 12.1. The molecule has 1 aliphatic heterocycles. The molecule has 0 radical (unpaired) electrons. The number of halogens is 2. The van der Waals surface area contributed by atoms with Gasteiger partial charge in [-0.15, -0.1) is 0 Å². The van der Waals surface area contributed by atoms with E-state index in [1.165, 1.54) is 25.3 Å². The molecule has 3 rings (SSSR count). The lowest BCUT2D eigenvalue weighted by Gasteiger charge is -2.08. The van der Waals surface area contributed by atoms with Crippen LogP contribution in [0.5, 0.6) is 17.2 Å². The van der Waals surface area contributed by atoms with Crippen molar-refractivity contribution >= 4 is 35.0 Å². The number of hydrogen-bond acceptors (Lipinski definition) is 6. The molecule has 0 fully saturated rings. The van der Waals surface area contributed by atoms with Gasteiger partial charge in [0.15, 0.2) is 23.9 Å². The van der Waals surface area contributed by atoms with Crippen LogP contribution in [0.25, 0.3) is 0 Å². The molecule has 0 N–H and O–H groups in total. The van der Waals surface area contributed by atoms with E-state index in [0.29, 0.717) is 27.8 Å². The van der Waals surface area contributed by atoms with Gasteiger partial charge in [0.2, 0.25) is 6.79 Å². The van der Waals surface area contributed by atoms with E-state index < -0.39 is 18.4 Å². The first-order valence-corrected chi connectivity index (χ1v) is 7.88. The molecule has 1 aliphatic rings. The monoisotopic (exact) mass is 382 g/mol. The number of rotatable bonds is 5. The first-order chi connectivity index (χ1) is 12.0. The highest BCUT2D eigenvalue weighted by atomic mass is 35.5. The molecule has 0 unspecified atom stereocenters. The molecule has 0 bridgehead atoms. The van der Waals surface area contributed by atoms with Crippen molar-refractivity contribution in [3.8, 4) is 17.2 Å². The van der Waals surface area contributed by atoms with Crippen LogP contribution in [0, 0.1) is 0 Å². The summed E-state index contributed by atoms with van der Waals surface area (Å²) < 4.78 is 20.4. The van der Waals surface area contributed by atoms with E-state index in [4.69, 9.17) is 42.1 Å². The van der Waals surface area contributed by atoms with Crippen LogP contribution in [0.15, 0.2) is 30.3 Å². The molecule has 0 saturated carbocycles. The maximum atomic E-state index is 12.1. The Balaban J connectivity index is 1.67. The lowest BCUT2D eigenvalue weighted by molar-refractivity contribution is 0.0474. The van der Waals surface area contributed by atoms with Crippen molar-refractivity contribution in [2.24, 2.45) is 0 Å². The number of methoxy groups -OCH3 is 1. The topological polar surface area (TPSA) is 71.1 Å². The Morgan fingerprint density at radius 2 is 1.84 bits per heavy atom. The summed E-state index contributed by atoms with van der Waals surface area (Å²) in [7, 11) is 1.47. The average Bonchev–Trinajstić information content (AvgIpc) is 3.08. The number of benzene rings is 2. The molecular weight excluding hydrogens is 371 g/mol. The number of hydrogen-bond donors (Lipinski definition) is 0. The minimum absolute atomic E-state index is 0.0320. The highest BCUT2D eigenvalue weighted by molar-refractivity contribution is 6.33. The molecule has 1 heterocycles. The molecule has 0 aromatic heterocycles. The third kappa shape index (κ3) is 3.65. The summed E-state index contributed by atoms with van der Waals surface area (Å²) in [6.45, 7) is -0.405. The van der Waals surface area contributed by atoms with Crippen molar-refractivity contribution in [1.29, 1.82) is 0 Å². The van der Waals surface area contributed by atoms with Gasteiger partial charge in [-0.3, -0.25) is 4.79 Å². The molecule has 8 heteroatoms. The van der Waals surface area contributed by atoms with Crippen LogP contribution in [0.3, 0.4) is 0 Å². The first kappa shape index (κ1) is 17.4. The van der Waals surface area contributed by atoms with Crippen molar-refractivity contribution in [2.45, 2.75) is 0 Å². The Morgan fingerprint density at radius 3 is 2.56 bits per heavy atom. The van der Waals surface area contributed by atoms with Crippen LogP contribution in [0.1, 0.15) is 20.7 Å². The van der Waals surface area contributed by atoms with Gasteiger partial charge < -0.3 is 18.9 Å². The summed E-state index contributed by atoms with van der Waals surface area (Å²) in [5, 5.41) is 0.525. The fraction of sp³-hybridized carbons (Fsp3) is 0.176. The minimum Gasteiger partial charge on any atom is -0.495 e. The van der Waals surface area contributed by atoms with E-state index in [1.807, 2.05) is 0 Å². The predicted molar refractivity (Wildman–Crippen MR) is 90.2 cm³/mol. The zero-order valence-corrected chi connectivity index (χ0v) is 14.5. The molecule has 0 saturated heterocycles. The Bertz CT molecular complexity index is 849. The first-order valence-electron chi connectivity index (χ1n) is 7.12. The highest BCUT2D eigenvalue weighted by Crippen LogP contribution is 2.39. The van der Waals surface area contributed by atoms with Gasteiger partial charge in [0, 0.05) is 5.56 Å². The molecule has 0 aliphatic carbocycles. The zero-order valence-electron chi connectivity index (χ0n) is 13.0. The van der Waals surface area contributed by atoms with E-state index in [9.17, 15) is 9.59 Å². The summed E-state index contributed by atoms with van der Waals surface area (Å²) in [5.74, 6) is 0.0815. The standard InChI is InChI=1S/C17H12Cl2O6/c1-22-14-3-2-9(4-11(14)18)13(20)7-23-17(21)10-5-12(19)16-15(6-10)24-8-25-16/h2-6H,7-8H2,1H3. The van der Waals surface area contributed by atoms with Crippen LogP contribution in [-0.2, 0) is 4.74 Å². The molecule has 0 amide bonds. The Hall–Kier alpha value is -2.44. The van der Waals surface area contributed by atoms with Gasteiger partial charge in [-0.25, -0.2) is 4.79 Å². The number of carbonyl (C=O) groups excluding carboxylic acids is 2. The third-order valence-corrected chi connectivity index (χ3v) is 4.05. The van der Waals surface area contributed by atoms with Crippen LogP contribution < -0.4 is 14.2 Å². The second kappa shape index (κ2) is 7.21. The quantitative estimate of drug-likeness (QED) is 0.578. The van der Waals surface area contributed by atoms with Crippen LogP contribution in [0.4, 0.5) is 0 Å². The van der Waals surface area contributed by atoms with Crippen LogP contribution in [0.2, 0.25) is 10.0 Å². The molecule has 0 atom stereocenters. The van der Waals surface area contributed by atoms with Crippen molar-refractivity contribution in [2.75, 3.05) is 20.5 Å². The molecule has 2 aromatic rings. The fourth-order valence-corrected chi connectivity index (χ4v) is 2.75. The SMILES string of the molecule is COc1ccc(C(=O)COC(=O)c2cc(Cl)c3c(c2)OCO3)cc1Cl. The van der Waals surface area contributed by atoms with Crippen molar-refractivity contribution in [3.05, 3.63) is 51.5 Å². The van der Waals surface area contributed by atoms with E-state index in [1.54, 1.807) is 12.1 Å². The summed E-state index contributed by atoms with van der Waals surface area (Å²) in [4.78, 5) is 24.3. The summed E-state index contributed by atoms with van der Waals surface area (Å²) >= 11 is 12.0. The minimum atomic E-state index is -0.701. The van der Waals surface area contributed by atoms with Gasteiger partial charge in [0.1, 0.15) is 5.75 Å². The number of fused-ring (bicyclic) bond motifs is 1. The largest absolute Gasteiger partial charge is 0.495 e. The normalized spacial score (nSPS) is 12.0. The number of ketones is 1. The van der Waals surface area contributed by atoms with Gasteiger partial charge >= 0.3 is 5.97 Å². The molecule has 6 nitrogen and oxygen atoms in total. The van der Waals surface area contributed by atoms with Gasteiger partial charge in [0.05, 0.1) is 22.7 Å². The summed E-state index contributed by atoms with van der Waals surface area (Å²) in [6.07, 6.45) is 0. The summed E-state index contributed by atoms with van der Waals surface area (Å²) in [5.41, 5.74) is 0.470. The van der Waals surface area contributed by atoms with Crippen LogP contribution in [-0.4, -0.2) is 32.3 Å². The maximum Gasteiger partial charge on any atom is 0.338 e. The number of carbonyl (C=O) groups is 2. The summed E-state index contributed by atoms with van der Waals surface area (Å²) in [6, 6.07) is 7.40. The number of ether oxygens (including phenoxy) is 4. The van der Waals surface area contributed by atoms with Gasteiger partial charge in [-0.1, -0.05) is 23.2 Å². The van der Waals surface area contributed by atoms with E-state index in [-0.39, 0.29) is 17.4 Å². The second-order valence-corrected chi connectivity index (χ2v) is 5.85. The lowest BCUT2D eigenvalue weighted by atomic mass is 10.1. The van der Waals surface area contributed by atoms with E-state index in [0.717, 1.165) is 0 Å². The molecule has 2 aromatic carbocycles. The average molecular weight is 383 g/mol. The molecule has 130 valence electrons. The van der Waals surface area contributed by atoms with Gasteiger partial charge in [-0.05, 0) is 30.3 Å².